The molecule has 26 heavy (non-hydrogen) atoms. The summed E-state index contributed by atoms with van der Waals surface area (Å²) >= 11 is 0. The van der Waals surface area contributed by atoms with E-state index in [9.17, 15) is 13.2 Å². The molecule has 1 spiro atoms. The molecule has 9 heteroatoms. The molecule has 1 saturated carbocycles. The number of nitrogens with one attached hydrogen (secondary N) is 1. The predicted octanol–water partition coefficient (Wildman–Crippen LogP) is 1.48. The molecule has 1 N–H and O–H groups in total. The first-order chi connectivity index (χ1) is 11.7. The zero-order valence-electron chi connectivity index (χ0n) is 16.3. The van der Waals surface area contributed by atoms with Crippen LogP contribution in [-0.4, -0.2) is 80.4 Å². The van der Waals surface area contributed by atoms with Crippen LogP contribution in [0, 0.1) is 0 Å². The van der Waals surface area contributed by atoms with Crippen LogP contribution in [-0.2, 0) is 14.6 Å². The van der Waals surface area contributed by atoms with Crippen LogP contribution >= 0.6 is 24.0 Å². The molecule has 7 nitrogen and oxygen atoms in total. The molecule has 1 aliphatic carbocycles. The number of carbonyl (C=O) groups excluding carboxylic acids is 1. The van der Waals surface area contributed by atoms with Gasteiger partial charge in [-0.15, -0.1) is 24.0 Å². The third kappa shape index (κ3) is 5.46. The molecular formula is C17H33IN4O3S. The van der Waals surface area contributed by atoms with Gasteiger partial charge in [-0.2, -0.15) is 0 Å². The molecule has 1 saturated heterocycles. The Labute approximate surface area is 174 Å². The SMILES string of the molecule is CC(C)NC(=NCC(=O)N(C)C)N1CCS(=O)(=O)C2(CCCCC2)C1.I. The second-order valence-corrected chi connectivity index (χ2v) is 10.2. The van der Waals surface area contributed by atoms with Crippen LogP contribution < -0.4 is 5.32 Å². The number of halogens is 1. The third-order valence-corrected chi connectivity index (χ3v) is 7.69. The van der Waals surface area contributed by atoms with E-state index in [1.165, 1.54) is 4.90 Å². The van der Waals surface area contributed by atoms with E-state index in [-0.39, 0.29) is 48.2 Å². The number of likely N-dealkylation sites (N-methyl/N-ethyl adjacent to an activating group) is 1. The van der Waals surface area contributed by atoms with Crippen LogP contribution in [0.15, 0.2) is 4.99 Å². The number of rotatable bonds is 3. The van der Waals surface area contributed by atoms with Crippen molar-refractivity contribution < 1.29 is 13.2 Å². The molecule has 1 aliphatic heterocycles. The minimum atomic E-state index is -3.09. The molecule has 1 heterocycles. The Bertz CT molecular complexity index is 613. The van der Waals surface area contributed by atoms with Crippen molar-refractivity contribution in [3.8, 4) is 0 Å². The fourth-order valence-electron chi connectivity index (χ4n) is 3.60. The molecule has 2 rings (SSSR count). The monoisotopic (exact) mass is 500 g/mol. The quantitative estimate of drug-likeness (QED) is 0.361. The van der Waals surface area contributed by atoms with E-state index in [1.54, 1.807) is 14.1 Å². The summed E-state index contributed by atoms with van der Waals surface area (Å²) in [4.78, 5) is 19.9. The average Bonchev–Trinajstić information content (AvgIpc) is 2.54. The van der Waals surface area contributed by atoms with Crippen molar-refractivity contribution >= 4 is 45.7 Å². The molecule has 152 valence electrons. The van der Waals surface area contributed by atoms with Gasteiger partial charge < -0.3 is 15.1 Å². The summed E-state index contributed by atoms with van der Waals surface area (Å²) < 4.78 is 24.9. The van der Waals surface area contributed by atoms with Crippen LogP contribution in [0.1, 0.15) is 46.0 Å². The molecule has 0 atom stereocenters. The van der Waals surface area contributed by atoms with Crippen LogP contribution in [0.2, 0.25) is 0 Å². The Balaban J connectivity index is 0.00000338. The Morgan fingerprint density at radius 1 is 1.23 bits per heavy atom. The van der Waals surface area contributed by atoms with Gasteiger partial charge in [0.15, 0.2) is 15.8 Å². The van der Waals surface area contributed by atoms with Crippen LogP contribution in [0.4, 0.5) is 0 Å². The highest BCUT2D eigenvalue weighted by atomic mass is 127. The topological polar surface area (TPSA) is 82.1 Å². The fraction of sp³-hybridized carbons (Fsp3) is 0.882. The largest absolute Gasteiger partial charge is 0.354 e. The molecular weight excluding hydrogens is 467 g/mol. The van der Waals surface area contributed by atoms with Gasteiger partial charge in [0.25, 0.3) is 0 Å². The van der Waals surface area contributed by atoms with Gasteiger partial charge in [-0.3, -0.25) is 4.79 Å². The predicted molar refractivity (Wildman–Crippen MR) is 116 cm³/mol. The van der Waals surface area contributed by atoms with Gasteiger partial charge in [0.2, 0.25) is 5.91 Å². The van der Waals surface area contributed by atoms with E-state index < -0.39 is 14.6 Å². The van der Waals surface area contributed by atoms with Crippen LogP contribution in [0.25, 0.3) is 0 Å². The first kappa shape index (κ1) is 23.5. The van der Waals surface area contributed by atoms with Crippen molar-refractivity contribution in [3.05, 3.63) is 0 Å². The van der Waals surface area contributed by atoms with Gasteiger partial charge in [-0.25, -0.2) is 13.4 Å². The van der Waals surface area contributed by atoms with Gasteiger partial charge in [0.05, 0.1) is 10.5 Å². The lowest BCUT2D eigenvalue weighted by atomic mass is 9.87. The highest BCUT2D eigenvalue weighted by Crippen LogP contribution is 2.38. The number of aliphatic imine (C=N–C) groups is 1. The van der Waals surface area contributed by atoms with Crippen molar-refractivity contribution in [3.63, 3.8) is 0 Å². The number of hydrogen-bond acceptors (Lipinski definition) is 4. The molecule has 0 aromatic rings. The van der Waals surface area contributed by atoms with Gasteiger partial charge in [-0.05, 0) is 26.7 Å². The number of sulfone groups is 1. The summed E-state index contributed by atoms with van der Waals surface area (Å²) in [5.41, 5.74) is 0. The average molecular weight is 500 g/mol. The van der Waals surface area contributed by atoms with Crippen LogP contribution in [0.3, 0.4) is 0 Å². The fourth-order valence-corrected chi connectivity index (χ4v) is 5.75. The van der Waals surface area contributed by atoms with E-state index in [0.717, 1.165) is 32.1 Å². The zero-order valence-corrected chi connectivity index (χ0v) is 19.5. The number of nitrogens with zero attached hydrogens (tertiary/aromatic N) is 3. The van der Waals surface area contributed by atoms with Gasteiger partial charge in [0.1, 0.15) is 6.54 Å². The number of guanidine groups is 1. The highest BCUT2D eigenvalue weighted by Gasteiger charge is 2.48. The Morgan fingerprint density at radius 2 is 1.85 bits per heavy atom. The highest BCUT2D eigenvalue weighted by molar-refractivity contribution is 14.0. The summed E-state index contributed by atoms with van der Waals surface area (Å²) in [6.07, 6.45) is 4.52. The van der Waals surface area contributed by atoms with Crippen molar-refractivity contribution in [1.29, 1.82) is 0 Å². The molecule has 0 unspecified atom stereocenters. The Kier molecular flexibility index (Phi) is 8.63. The maximum absolute atomic E-state index is 12.8. The lowest BCUT2D eigenvalue weighted by Gasteiger charge is -2.45. The first-order valence-corrected chi connectivity index (χ1v) is 10.8. The second kappa shape index (κ2) is 9.57. The summed E-state index contributed by atoms with van der Waals surface area (Å²) in [6.45, 7) is 5.00. The van der Waals surface area contributed by atoms with Gasteiger partial charge in [-0.1, -0.05) is 19.3 Å². The second-order valence-electron chi connectivity index (χ2n) is 7.71. The van der Waals surface area contributed by atoms with E-state index >= 15 is 0 Å². The maximum Gasteiger partial charge on any atom is 0.243 e. The normalized spacial score (nSPS) is 22.0. The van der Waals surface area contributed by atoms with E-state index in [0.29, 0.717) is 19.0 Å². The molecule has 0 bridgehead atoms. The number of hydrogen-bond donors (Lipinski definition) is 1. The summed E-state index contributed by atoms with van der Waals surface area (Å²) in [7, 11) is 0.327. The first-order valence-electron chi connectivity index (χ1n) is 9.15. The van der Waals surface area contributed by atoms with E-state index in [2.05, 4.69) is 10.3 Å². The van der Waals surface area contributed by atoms with Crippen molar-refractivity contribution in [2.24, 2.45) is 4.99 Å². The smallest absolute Gasteiger partial charge is 0.243 e. The van der Waals surface area contributed by atoms with Gasteiger partial charge in [0, 0.05) is 33.2 Å². The molecule has 2 aliphatic rings. The molecule has 0 aromatic carbocycles. The third-order valence-electron chi connectivity index (χ3n) is 5.11. The maximum atomic E-state index is 12.8. The Morgan fingerprint density at radius 3 is 2.38 bits per heavy atom. The number of carbonyl (C=O) groups is 1. The zero-order chi connectivity index (χ0) is 18.7. The molecule has 2 fully saturated rings. The van der Waals surface area contributed by atoms with E-state index in [4.69, 9.17) is 0 Å². The standard InChI is InChI=1S/C17H32N4O3S.HI/c1-14(2)19-16(18-12-15(22)20(3)4)21-10-11-25(23,24)17(13-21)8-6-5-7-9-17;/h14H,5-13H2,1-4H3,(H,18,19);1H. The van der Waals surface area contributed by atoms with E-state index in [1.807, 2.05) is 18.7 Å². The van der Waals surface area contributed by atoms with Crippen molar-refractivity contribution in [2.75, 3.05) is 39.5 Å². The van der Waals surface area contributed by atoms with Gasteiger partial charge >= 0.3 is 0 Å². The molecule has 0 radical (unpaired) electrons. The lowest BCUT2D eigenvalue weighted by Crippen LogP contribution is -2.61. The molecule has 1 amide bonds. The molecule has 0 aromatic heterocycles. The summed E-state index contributed by atoms with van der Waals surface area (Å²) in [6, 6.07) is 0.161. The van der Waals surface area contributed by atoms with Crippen LogP contribution in [0.5, 0.6) is 0 Å². The minimum Gasteiger partial charge on any atom is -0.354 e. The van der Waals surface area contributed by atoms with Crippen molar-refractivity contribution in [2.45, 2.75) is 56.7 Å². The summed E-state index contributed by atoms with van der Waals surface area (Å²) in [5, 5.41) is 3.30. The van der Waals surface area contributed by atoms with Crippen molar-refractivity contribution in [1.82, 2.24) is 15.1 Å². The number of amides is 1. The lowest BCUT2D eigenvalue weighted by molar-refractivity contribution is -0.127. The Hall–Kier alpha value is -0.580. The summed E-state index contributed by atoms with van der Waals surface area (Å²) in [5.74, 6) is 0.734. The minimum absolute atomic E-state index is 0.